The lowest BCUT2D eigenvalue weighted by atomic mass is 9.76. The highest BCUT2D eigenvalue weighted by atomic mass is 32.2. The van der Waals surface area contributed by atoms with Crippen LogP contribution in [0.3, 0.4) is 0 Å². The third kappa shape index (κ3) is 3.56. The van der Waals surface area contributed by atoms with Crippen LogP contribution in [0.2, 0.25) is 0 Å². The second-order valence-electron chi connectivity index (χ2n) is 8.72. The van der Waals surface area contributed by atoms with Crippen molar-refractivity contribution in [1.29, 1.82) is 0 Å². The first-order chi connectivity index (χ1) is 14.8. The molecule has 2 aliphatic heterocycles. The molecule has 1 amide bonds. The number of fused-ring (bicyclic) bond motifs is 3. The van der Waals surface area contributed by atoms with Crippen LogP contribution in [-0.2, 0) is 0 Å². The van der Waals surface area contributed by atoms with E-state index in [4.69, 9.17) is 0 Å². The molecule has 3 atom stereocenters. The Morgan fingerprint density at radius 2 is 1.80 bits per heavy atom. The van der Waals surface area contributed by atoms with Crippen molar-refractivity contribution in [3.8, 4) is 0 Å². The third-order valence-corrected chi connectivity index (χ3v) is 7.74. The van der Waals surface area contributed by atoms with Crippen molar-refractivity contribution >= 4 is 23.4 Å². The summed E-state index contributed by atoms with van der Waals surface area (Å²) in [6.07, 6.45) is 12.6. The lowest BCUT2D eigenvalue weighted by Crippen LogP contribution is -2.35. The SMILES string of the molecule is CSc1ccc(C2Nc3c(C(=O)N4CCCCCC4)cccc3C3C=CCC32)cc1. The van der Waals surface area contributed by atoms with E-state index in [-0.39, 0.29) is 11.9 Å². The number of nitrogens with zero attached hydrogens (tertiary/aromatic N) is 1. The highest BCUT2D eigenvalue weighted by Crippen LogP contribution is 2.50. The number of para-hydroxylation sites is 1. The van der Waals surface area contributed by atoms with Gasteiger partial charge in [0.2, 0.25) is 0 Å². The molecule has 5 rings (SSSR count). The number of thioether (sulfide) groups is 1. The molecular formula is C26H30N2OS. The molecule has 0 spiro atoms. The molecule has 0 aromatic heterocycles. The van der Waals surface area contributed by atoms with E-state index in [1.807, 2.05) is 6.07 Å². The highest BCUT2D eigenvalue weighted by Gasteiger charge is 2.39. The van der Waals surface area contributed by atoms with E-state index in [0.29, 0.717) is 11.8 Å². The van der Waals surface area contributed by atoms with Crippen molar-refractivity contribution in [3.05, 3.63) is 71.3 Å². The molecule has 1 saturated heterocycles. The summed E-state index contributed by atoms with van der Waals surface area (Å²) in [4.78, 5) is 16.9. The number of carbonyl (C=O) groups excluding carboxylic acids is 1. The molecule has 156 valence electrons. The molecule has 2 aromatic carbocycles. The molecular weight excluding hydrogens is 388 g/mol. The monoisotopic (exact) mass is 418 g/mol. The third-order valence-electron chi connectivity index (χ3n) is 7.00. The Labute approximate surface area is 183 Å². The van der Waals surface area contributed by atoms with Crippen molar-refractivity contribution in [1.82, 2.24) is 4.90 Å². The quantitative estimate of drug-likeness (QED) is 0.472. The summed E-state index contributed by atoms with van der Waals surface area (Å²) in [7, 11) is 0. The van der Waals surface area contributed by atoms with Gasteiger partial charge in [-0.2, -0.15) is 0 Å². The number of carbonyl (C=O) groups is 1. The van der Waals surface area contributed by atoms with Gasteiger partial charge >= 0.3 is 0 Å². The van der Waals surface area contributed by atoms with E-state index < -0.39 is 0 Å². The first-order valence-corrected chi connectivity index (χ1v) is 12.5. The Morgan fingerprint density at radius 3 is 2.53 bits per heavy atom. The minimum atomic E-state index is 0.193. The normalized spacial score (nSPS) is 25.2. The number of likely N-dealkylation sites (tertiary alicyclic amines) is 1. The largest absolute Gasteiger partial charge is 0.377 e. The Balaban J connectivity index is 1.52. The van der Waals surface area contributed by atoms with Crippen molar-refractivity contribution in [2.24, 2.45) is 5.92 Å². The maximum absolute atomic E-state index is 13.5. The van der Waals surface area contributed by atoms with Crippen LogP contribution in [0.1, 0.15) is 65.5 Å². The van der Waals surface area contributed by atoms with Gasteiger partial charge in [-0.15, -0.1) is 11.8 Å². The summed E-state index contributed by atoms with van der Waals surface area (Å²) in [6.45, 7) is 1.77. The van der Waals surface area contributed by atoms with Crippen molar-refractivity contribution in [2.75, 3.05) is 24.7 Å². The van der Waals surface area contributed by atoms with Crippen LogP contribution in [0.4, 0.5) is 5.69 Å². The summed E-state index contributed by atoms with van der Waals surface area (Å²) in [5.74, 6) is 1.07. The van der Waals surface area contributed by atoms with Gasteiger partial charge in [0.05, 0.1) is 17.3 Å². The van der Waals surface area contributed by atoms with Crippen LogP contribution in [0.25, 0.3) is 0 Å². The summed E-state index contributed by atoms with van der Waals surface area (Å²) in [6, 6.07) is 15.5. The van der Waals surface area contributed by atoms with E-state index in [0.717, 1.165) is 43.6 Å². The van der Waals surface area contributed by atoms with Gasteiger partial charge in [-0.25, -0.2) is 0 Å². The van der Waals surface area contributed by atoms with Crippen molar-refractivity contribution in [2.45, 2.75) is 49.0 Å². The van der Waals surface area contributed by atoms with E-state index in [1.165, 1.54) is 28.9 Å². The predicted molar refractivity (Wildman–Crippen MR) is 125 cm³/mol. The van der Waals surface area contributed by atoms with Crippen LogP contribution in [0.15, 0.2) is 59.5 Å². The highest BCUT2D eigenvalue weighted by molar-refractivity contribution is 7.98. The molecule has 2 aromatic rings. The Hall–Kier alpha value is -2.20. The van der Waals surface area contributed by atoms with Gasteiger partial charge in [-0.1, -0.05) is 49.3 Å². The molecule has 1 N–H and O–H groups in total. The van der Waals surface area contributed by atoms with Crippen molar-refractivity contribution in [3.63, 3.8) is 0 Å². The van der Waals surface area contributed by atoms with Gasteiger partial charge < -0.3 is 10.2 Å². The van der Waals surface area contributed by atoms with Gasteiger partial charge in [0.1, 0.15) is 0 Å². The lowest BCUT2D eigenvalue weighted by Gasteiger charge is -2.38. The van der Waals surface area contributed by atoms with Gasteiger partial charge in [0.25, 0.3) is 5.91 Å². The van der Waals surface area contributed by atoms with Crippen LogP contribution < -0.4 is 5.32 Å². The Kier molecular flexibility index (Phi) is 5.60. The van der Waals surface area contributed by atoms with Crippen LogP contribution >= 0.6 is 11.8 Å². The molecule has 3 nitrogen and oxygen atoms in total. The molecule has 0 radical (unpaired) electrons. The second kappa shape index (κ2) is 8.50. The fourth-order valence-electron chi connectivity index (χ4n) is 5.39. The Morgan fingerprint density at radius 1 is 1.03 bits per heavy atom. The lowest BCUT2D eigenvalue weighted by molar-refractivity contribution is 0.0762. The maximum Gasteiger partial charge on any atom is 0.255 e. The van der Waals surface area contributed by atoms with E-state index in [9.17, 15) is 4.79 Å². The zero-order chi connectivity index (χ0) is 20.5. The number of rotatable bonds is 3. The van der Waals surface area contributed by atoms with Crippen LogP contribution in [0.5, 0.6) is 0 Å². The minimum Gasteiger partial charge on any atom is -0.377 e. The van der Waals surface area contributed by atoms with Gasteiger partial charge in [0, 0.05) is 23.9 Å². The number of allylic oxidation sites excluding steroid dienone is 2. The molecule has 1 aliphatic carbocycles. The van der Waals surface area contributed by atoms with E-state index in [1.54, 1.807) is 11.8 Å². The maximum atomic E-state index is 13.5. The summed E-state index contributed by atoms with van der Waals surface area (Å²) in [5.41, 5.74) is 4.50. The number of amides is 1. The molecule has 0 bridgehead atoms. The summed E-state index contributed by atoms with van der Waals surface area (Å²) >= 11 is 1.77. The molecule has 3 unspecified atom stereocenters. The van der Waals surface area contributed by atoms with Crippen LogP contribution in [-0.4, -0.2) is 30.2 Å². The number of hydrogen-bond donors (Lipinski definition) is 1. The fraction of sp³-hybridized carbons (Fsp3) is 0.423. The number of nitrogens with one attached hydrogen (secondary N) is 1. The second-order valence-corrected chi connectivity index (χ2v) is 9.60. The summed E-state index contributed by atoms with van der Waals surface area (Å²) in [5, 5.41) is 3.83. The van der Waals surface area contributed by atoms with Crippen molar-refractivity contribution < 1.29 is 4.79 Å². The minimum absolute atomic E-state index is 0.193. The average Bonchev–Trinajstić information content (AvgIpc) is 3.13. The Bertz CT molecular complexity index is 944. The molecule has 2 heterocycles. The first-order valence-electron chi connectivity index (χ1n) is 11.3. The fourth-order valence-corrected chi connectivity index (χ4v) is 5.79. The van der Waals surface area contributed by atoms with E-state index >= 15 is 0 Å². The van der Waals surface area contributed by atoms with Crippen LogP contribution in [0, 0.1) is 5.92 Å². The van der Waals surface area contributed by atoms with Gasteiger partial charge in [-0.3, -0.25) is 4.79 Å². The number of anilines is 1. The zero-order valence-corrected chi connectivity index (χ0v) is 18.5. The average molecular weight is 419 g/mol. The standard InChI is InChI=1S/C26H30N2OS/c1-30-19-14-12-18(13-15-19)24-21-9-6-8-20(21)22-10-7-11-23(25(22)27-24)26(29)28-16-4-2-3-5-17-28/h6-8,10-15,20-21,24,27H,2-5,9,16-17H2,1H3. The number of hydrogen-bond acceptors (Lipinski definition) is 3. The van der Waals surface area contributed by atoms with Gasteiger partial charge in [-0.05, 0) is 60.8 Å². The predicted octanol–water partition coefficient (Wildman–Crippen LogP) is 6.25. The number of benzene rings is 2. The zero-order valence-electron chi connectivity index (χ0n) is 17.6. The molecule has 1 fully saturated rings. The first kappa shape index (κ1) is 19.7. The molecule has 4 heteroatoms. The van der Waals surface area contributed by atoms with E-state index in [2.05, 4.69) is 65.0 Å². The molecule has 3 aliphatic rings. The summed E-state index contributed by atoms with van der Waals surface area (Å²) < 4.78 is 0. The molecule has 0 saturated carbocycles. The topological polar surface area (TPSA) is 32.3 Å². The van der Waals surface area contributed by atoms with Gasteiger partial charge in [0.15, 0.2) is 0 Å². The smallest absolute Gasteiger partial charge is 0.255 e. The molecule has 30 heavy (non-hydrogen) atoms.